The van der Waals surface area contributed by atoms with Crippen LogP contribution in [0.4, 0.5) is 5.69 Å². The minimum Gasteiger partial charge on any atom is -0.399 e. The molecule has 0 amide bonds. The van der Waals surface area contributed by atoms with Crippen molar-refractivity contribution in [1.29, 1.82) is 0 Å². The van der Waals surface area contributed by atoms with Gasteiger partial charge in [-0.25, -0.2) is 0 Å². The standard InChI is InChI=1S/C13H21NO3/c1-15-8-9-17-11-10-16-7-6-12-4-2-3-5-13(12)14/h2-5H,6-11,14H2,1H3. The predicted octanol–water partition coefficient (Wildman–Crippen LogP) is 1.49. The molecule has 0 aromatic heterocycles. The Labute approximate surface area is 103 Å². The van der Waals surface area contributed by atoms with Crippen LogP contribution in [-0.4, -0.2) is 40.1 Å². The second-order valence-electron chi connectivity index (χ2n) is 3.67. The molecule has 4 nitrogen and oxygen atoms in total. The summed E-state index contributed by atoms with van der Waals surface area (Å²) in [5.41, 5.74) is 7.78. The molecule has 1 rings (SSSR count). The van der Waals surface area contributed by atoms with Crippen LogP contribution >= 0.6 is 0 Å². The molecule has 2 N–H and O–H groups in total. The molecule has 0 bridgehead atoms. The van der Waals surface area contributed by atoms with E-state index in [1.807, 2.05) is 24.3 Å². The van der Waals surface area contributed by atoms with Crippen LogP contribution in [0.25, 0.3) is 0 Å². The van der Waals surface area contributed by atoms with Crippen molar-refractivity contribution in [3.05, 3.63) is 29.8 Å². The maximum absolute atomic E-state index is 5.82. The Morgan fingerprint density at radius 1 is 0.941 bits per heavy atom. The van der Waals surface area contributed by atoms with Crippen molar-refractivity contribution >= 4 is 5.69 Å². The number of methoxy groups -OCH3 is 1. The van der Waals surface area contributed by atoms with Crippen molar-refractivity contribution < 1.29 is 14.2 Å². The smallest absolute Gasteiger partial charge is 0.0701 e. The van der Waals surface area contributed by atoms with Gasteiger partial charge in [0.2, 0.25) is 0 Å². The second-order valence-corrected chi connectivity index (χ2v) is 3.67. The van der Waals surface area contributed by atoms with Gasteiger partial charge in [0.15, 0.2) is 0 Å². The molecule has 0 aliphatic carbocycles. The van der Waals surface area contributed by atoms with Gasteiger partial charge in [0.05, 0.1) is 33.0 Å². The average Bonchev–Trinajstić information content (AvgIpc) is 2.35. The number of hydrogen-bond donors (Lipinski definition) is 1. The topological polar surface area (TPSA) is 53.7 Å². The maximum Gasteiger partial charge on any atom is 0.0701 e. The molecule has 0 unspecified atom stereocenters. The molecule has 0 heterocycles. The van der Waals surface area contributed by atoms with Gasteiger partial charge in [-0.05, 0) is 18.1 Å². The SMILES string of the molecule is COCCOCCOCCc1ccccc1N. The van der Waals surface area contributed by atoms with Gasteiger partial charge in [-0.2, -0.15) is 0 Å². The number of ether oxygens (including phenoxy) is 3. The second kappa shape index (κ2) is 8.98. The third-order valence-electron chi connectivity index (χ3n) is 2.37. The number of nitrogen functional groups attached to an aromatic ring is 1. The molecule has 1 aromatic carbocycles. The van der Waals surface area contributed by atoms with Gasteiger partial charge in [-0.3, -0.25) is 0 Å². The summed E-state index contributed by atoms with van der Waals surface area (Å²) in [6.45, 7) is 3.12. The van der Waals surface area contributed by atoms with Crippen molar-refractivity contribution in [2.24, 2.45) is 0 Å². The summed E-state index contributed by atoms with van der Waals surface area (Å²) in [5, 5.41) is 0. The molecule has 1 aromatic rings. The molecule has 0 atom stereocenters. The van der Waals surface area contributed by atoms with Gasteiger partial charge in [-0.1, -0.05) is 18.2 Å². The normalized spacial score (nSPS) is 10.6. The Bertz CT molecular complexity index is 304. The largest absolute Gasteiger partial charge is 0.399 e. The molecule has 0 spiro atoms. The lowest BCUT2D eigenvalue weighted by molar-refractivity contribution is 0.0256. The molecule has 0 saturated carbocycles. The van der Waals surface area contributed by atoms with Crippen LogP contribution in [0.3, 0.4) is 0 Å². The summed E-state index contributed by atoms with van der Waals surface area (Å²) in [5.74, 6) is 0. The van der Waals surface area contributed by atoms with E-state index in [2.05, 4.69) is 0 Å². The highest BCUT2D eigenvalue weighted by molar-refractivity contribution is 5.46. The van der Waals surface area contributed by atoms with Crippen LogP contribution in [0.5, 0.6) is 0 Å². The van der Waals surface area contributed by atoms with Crippen LogP contribution < -0.4 is 5.73 Å². The maximum atomic E-state index is 5.82. The van der Waals surface area contributed by atoms with E-state index < -0.39 is 0 Å². The highest BCUT2D eigenvalue weighted by atomic mass is 16.5. The van der Waals surface area contributed by atoms with E-state index in [0.717, 1.165) is 17.7 Å². The quantitative estimate of drug-likeness (QED) is 0.524. The van der Waals surface area contributed by atoms with Crippen molar-refractivity contribution in [3.8, 4) is 0 Å². The van der Waals surface area contributed by atoms with Crippen molar-refractivity contribution in [1.82, 2.24) is 0 Å². The zero-order valence-corrected chi connectivity index (χ0v) is 10.4. The van der Waals surface area contributed by atoms with Crippen LogP contribution in [0.1, 0.15) is 5.56 Å². The average molecular weight is 239 g/mol. The van der Waals surface area contributed by atoms with E-state index in [1.54, 1.807) is 7.11 Å². The van der Waals surface area contributed by atoms with Gasteiger partial charge in [0.1, 0.15) is 0 Å². The fourth-order valence-electron chi connectivity index (χ4n) is 1.41. The molecule has 96 valence electrons. The lowest BCUT2D eigenvalue weighted by atomic mass is 10.1. The Kier molecular flexibility index (Phi) is 7.38. The van der Waals surface area contributed by atoms with E-state index in [-0.39, 0.29) is 0 Å². The number of para-hydroxylation sites is 1. The van der Waals surface area contributed by atoms with E-state index >= 15 is 0 Å². The first kappa shape index (κ1) is 14.0. The Balaban J connectivity index is 1.99. The zero-order valence-electron chi connectivity index (χ0n) is 10.4. The first-order chi connectivity index (χ1) is 8.34. The number of benzene rings is 1. The number of rotatable bonds is 9. The van der Waals surface area contributed by atoms with Gasteiger partial charge in [0.25, 0.3) is 0 Å². The molecule has 0 fully saturated rings. The van der Waals surface area contributed by atoms with Crippen LogP contribution in [-0.2, 0) is 20.6 Å². The van der Waals surface area contributed by atoms with Crippen LogP contribution in [0, 0.1) is 0 Å². The number of nitrogens with two attached hydrogens (primary N) is 1. The van der Waals surface area contributed by atoms with Gasteiger partial charge in [0, 0.05) is 12.8 Å². The van der Waals surface area contributed by atoms with Crippen LogP contribution in [0.2, 0.25) is 0 Å². The summed E-state index contributed by atoms with van der Waals surface area (Å²) in [7, 11) is 1.66. The molecule has 17 heavy (non-hydrogen) atoms. The Hall–Kier alpha value is -1.10. The first-order valence-corrected chi connectivity index (χ1v) is 5.82. The van der Waals surface area contributed by atoms with Crippen molar-refractivity contribution in [2.45, 2.75) is 6.42 Å². The lowest BCUT2D eigenvalue weighted by Gasteiger charge is -2.07. The van der Waals surface area contributed by atoms with Crippen LogP contribution in [0.15, 0.2) is 24.3 Å². The Morgan fingerprint density at radius 2 is 1.59 bits per heavy atom. The number of anilines is 1. The van der Waals surface area contributed by atoms with Crippen molar-refractivity contribution in [2.75, 3.05) is 45.9 Å². The third kappa shape index (κ3) is 6.26. The van der Waals surface area contributed by atoms with Crippen molar-refractivity contribution in [3.63, 3.8) is 0 Å². The molecule has 0 saturated heterocycles. The zero-order chi connectivity index (χ0) is 12.3. The molecule has 0 aliphatic rings. The summed E-state index contributed by atoms with van der Waals surface area (Å²) in [6, 6.07) is 7.85. The fourth-order valence-corrected chi connectivity index (χ4v) is 1.41. The van der Waals surface area contributed by atoms with E-state index in [0.29, 0.717) is 33.0 Å². The molecular weight excluding hydrogens is 218 g/mol. The first-order valence-electron chi connectivity index (χ1n) is 5.82. The molecule has 4 heteroatoms. The highest BCUT2D eigenvalue weighted by Crippen LogP contribution is 2.10. The van der Waals surface area contributed by atoms with Gasteiger partial charge in [-0.15, -0.1) is 0 Å². The van der Waals surface area contributed by atoms with E-state index in [9.17, 15) is 0 Å². The summed E-state index contributed by atoms with van der Waals surface area (Å²) < 4.78 is 15.6. The van der Waals surface area contributed by atoms with Gasteiger partial charge < -0.3 is 19.9 Å². The monoisotopic (exact) mass is 239 g/mol. The minimum atomic E-state index is 0.605. The van der Waals surface area contributed by atoms with Gasteiger partial charge >= 0.3 is 0 Å². The summed E-state index contributed by atoms with van der Waals surface area (Å²) in [4.78, 5) is 0. The Morgan fingerprint density at radius 3 is 2.29 bits per heavy atom. The van der Waals surface area contributed by atoms with E-state index in [1.165, 1.54) is 0 Å². The highest BCUT2D eigenvalue weighted by Gasteiger charge is 1.97. The summed E-state index contributed by atoms with van der Waals surface area (Å²) in [6.07, 6.45) is 0.838. The predicted molar refractivity (Wildman–Crippen MR) is 68.1 cm³/mol. The molecule has 0 aliphatic heterocycles. The third-order valence-corrected chi connectivity index (χ3v) is 2.37. The van der Waals surface area contributed by atoms with E-state index in [4.69, 9.17) is 19.9 Å². The minimum absolute atomic E-state index is 0.605. The fraction of sp³-hybridized carbons (Fsp3) is 0.538. The molecule has 0 radical (unpaired) electrons. The summed E-state index contributed by atoms with van der Waals surface area (Å²) >= 11 is 0. The lowest BCUT2D eigenvalue weighted by Crippen LogP contribution is -2.10. The number of hydrogen-bond acceptors (Lipinski definition) is 4. The molecular formula is C13H21NO3.